The van der Waals surface area contributed by atoms with Gasteiger partial charge in [0.25, 0.3) is 0 Å². The van der Waals surface area contributed by atoms with Gasteiger partial charge in [0.15, 0.2) is 11.5 Å². The number of ether oxygens (including phenoxy) is 2. The molecule has 4 aromatic rings. The fourth-order valence-corrected chi connectivity index (χ4v) is 5.58. The van der Waals surface area contributed by atoms with Crippen LogP contribution in [-0.4, -0.2) is 67.7 Å². The van der Waals surface area contributed by atoms with E-state index in [0.717, 1.165) is 15.1 Å². The summed E-state index contributed by atoms with van der Waals surface area (Å²) in [6.45, 7) is 6.16. The van der Waals surface area contributed by atoms with Crippen molar-refractivity contribution in [2.24, 2.45) is 0 Å². The Hall–Kier alpha value is -5.09. The molecule has 1 atom stereocenters. The number of hydrogen-bond acceptors (Lipinski definition) is 9. The third-order valence-corrected chi connectivity index (χ3v) is 8.67. The van der Waals surface area contributed by atoms with E-state index < -0.39 is 28.2 Å². The highest BCUT2D eigenvalue weighted by Crippen LogP contribution is 2.33. The number of nitrogens with zero attached hydrogens (tertiary/aromatic N) is 2. The summed E-state index contributed by atoms with van der Waals surface area (Å²) in [5.74, 6) is -1.61. The van der Waals surface area contributed by atoms with Gasteiger partial charge in [-0.15, -0.1) is 0 Å². The highest BCUT2D eigenvalue weighted by Gasteiger charge is 2.38. The molecule has 1 heterocycles. The maximum atomic E-state index is 13.8. The quantitative estimate of drug-likeness (QED) is 0.150. The fraction of sp³-hybridized carbons (Fsp3) is 0.303. The molecule has 264 valence electrons. The van der Waals surface area contributed by atoms with E-state index in [0.29, 0.717) is 40.7 Å². The van der Waals surface area contributed by atoms with Crippen molar-refractivity contribution in [1.29, 1.82) is 0 Å². The zero-order chi connectivity index (χ0) is 36.5. The number of pyridine rings is 1. The molecule has 0 aliphatic carbocycles. The Morgan fingerprint density at radius 3 is 2.31 bits per heavy atom. The molecule has 0 aliphatic rings. The molecule has 5 N–H and O–H groups in total. The van der Waals surface area contributed by atoms with Gasteiger partial charge in [0.05, 0.1) is 17.6 Å². The number of aliphatic carboxylic acids is 1. The number of carbonyl (C=O) groups excluding carboxylic acids is 1. The first kappa shape index (κ1) is 38.4. The summed E-state index contributed by atoms with van der Waals surface area (Å²) in [6.07, 6.45) is -3.52. The first-order chi connectivity index (χ1) is 22.9. The molecule has 12 nitrogen and oxygen atoms in total. The Labute approximate surface area is 282 Å². The molecule has 3 aromatic carbocycles. The van der Waals surface area contributed by atoms with Crippen LogP contribution < -0.4 is 25.8 Å². The number of carbonyl (C=O) groups is 2. The van der Waals surface area contributed by atoms with Crippen molar-refractivity contribution in [3.8, 4) is 11.5 Å². The van der Waals surface area contributed by atoms with Gasteiger partial charge in [-0.25, -0.2) is 22.5 Å². The lowest BCUT2D eigenvalue weighted by Gasteiger charge is -2.23. The smallest absolute Gasteiger partial charge is 0.490 e. The van der Waals surface area contributed by atoms with Gasteiger partial charge in [0.1, 0.15) is 11.9 Å². The lowest BCUT2D eigenvalue weighted by atomic mass is 10.0. The number of halogens is 3. The lowest BCUT2D eigenvalue weighted by molar-refractivity contribution is -0.192. The van der Waals surface area contributed by atoms with Gasteiger partial charge in [0.2, 0.25) is 15.9 Å². The van der Waals surface area contributed by atoms with E-state index in [4.69, 9.17) is 25.1 Å². The van der Waals surface area contributed by atoms with Gasteiger partial charge in [-0.2, -0.15) is 13.2 Å². The third-order valence-electron chi connectivity index (χ3n) is 6.76. The molecule has 0 saturated carbocycles. The van der Waals surface area contributed by atoms with Gasteiger partial charge >= 0.3 is 12.1 Å². The maximum Gasteiger partial charge on any atom is 0.490 e. The van der Waals surface area contributed by atoms with Crippen LogP contribution in [0, 0.1) is 0 Å². The summed E-state index contributed by atoms with van der Waals surface area (Å²) in [6, 6.07) is 18.6. The molecule has 0 spiro atoms. The van der Waals surface area contributed by atoms with Crippen molar-refractivity contribution in [3.05, 3.63) is 84.1 Å². The molecule has 4 rings (SSSR count). The minimum absolute atomic E-state index is 0.00699. The SMILES string of the molecule is CCOc1cc(C(Nc2ccc3c(N)nccc3c2)C(=O)NCc2ccccc2S(=O)(=O)N(C)C)ccc1OC(C)C.O=C(O)C(F)(F)F. The molecule has 0 saturated heterocycles. The van der Waals surface area contributed by atoms with E-state index in [-0.39, 0.29) is 23.5 Å². The number of benzene rings is 3. The highest BCUT2D eigenvalue weighted by atomic mass is 32.2. The van der Waals surface area contributed by atoms with Crippen molar-refractivity contribution in [3.63, 3.8) is 0 Å². The minimum Gasteiger partial charge on any atom is -0.490 e. The molecule has 0 aliphatic heterocycles. The second kappa shape index (κ2) is 16.3. The lowest BCUT2D eigenvalue weighted by Crippen LogP contribution is -2.34. The Bertz CT molecular complexity index is 1890. The molecule has 0 bridgehead atoms. The first-order valence-corrected chi connectivity index (χ1v) is 16.3. The molecule has 1 amide bonds. The topological polar surface area (TPSA) is 173 Å². The summed E-state index contributed by atoms with van der Waals surface area (Å²) < 4.78 is 70.4. The van der Waals surface area contributed by atoms with Crippen LogP contribution in [0.4, 0.5) is 24.7 Å². The third kappa shape index (κ3) is 10.2. The van der Waals surface area contributed by atoms with Crippen LogP contribution >= 0.6 is 0 Å². The molecule has 49 heavy (non-hydrogen) atoms. The normalized spacial score (nSPS) is 12.2. The molecule has 0 fully saturated rings. The van der Waals surface area contributed by atoms with Crippen molar-refractivity contribution in [2.45, 2.75) is 50.5 Å². The van der Waals surface area contributed by atoms with Crippen molar-refractivity contribution in [1.82, 2.24) is 14.6 Å². The number of aromatic nitrogens is 1. The minimum atomic E-state index is -5.08. The second-order valence-electron chi connectivity index (χ2n) is 10.9. The molecular weight excluding hydrogens is 667 g/mol. The van der Waals surface area contributed by atoms with Crippen LogP contribution in [0.3, 0.4) is 0 Å². The number of nitrogen functional groups attached to an aromatic ring is 1. The molecule has 1 aromatic heterocycles. The Morgan fingerprint density at radius 1 is 1.02 bits per heavy atom. The molecule has 16 heteroatoms. The van der Waals surface area contributed by atoms with E-state index in [1.807, 2.05) is 51.1 Å². The number of carboxylic acids is 1. The van der Waals surface area contributed by atoms with Gasteiger partial charge in [-0.1, -0.05) is 24.3 Å². The van der Waals surface area contributed by atoms with Crippen molar-refractivity contribution < 1.29 is 45.8 Å². The fourth-order valence-electron chi connectivity index (χ4n) is 4.46. The van der Waals surface area contributed by atoms with E-state index >= 15 is 0 Å². The van der Waals surface area contributed by atoms with Crippen LogP contribution in [0.25, 0.3) is 10.8 Å². The van der Waals surface area contributed by atoms with Gasteiger partial charge in [0, 0.05) is 37.9 Å². The van der Waals surface area contributed by atoms with Gasteiger partial charge in [-0.3, -0.25) is 4.79 Å². The number of alkyl halides is 3. The van der Waals surface area contributed by atoms with E-state index in [1.54, 1.807) is 36.5 Å². The average molecular weight is 706 g/mol. The largest absolute Gasteiger partial charge is 0.490 e. The van der Waals surface area contributed by atoms with E-state index in [1.165, 1.54) is 20.2 Å². The Morgan fingerprint density at radius 2 is 1.69 bits per heavy atom. The highest BCUT2D eigenvalue weighted by molar-refractivity contribution is 7.89. The number of hydrogen-bond donors (Lipinski definition) is 4. The van der Waals surface area contributed by atoms with Crippen LogP contribution in [0.1, 0.15) is 37.9 Å². The number of fused-ring (bicyclic) bond motifs is 1. The number of anilines is 2. The number of rotatable bonds is 12. The monoisotopic (exact) mass is 705 g/mol. The average Bonchev–Trinajstić information content (AvgIpc) is 3.03. The Kier molecular flexibility index (Phi) is 12.8. The van der Waals surface area contributed by atoms with Crippen LogP contribution in [0.2, 0.25) is 0 Å². The van der Waals surface area contributed by atoms with E-state index in [9.17, 15) is 26.4 Å². The Balaban J connectivity index is 0.000000838. The predicted octanol–water partition coefficient (Wildman–Crippen LogP) is 5.36. The molecular formula is C33H38F3N5O7S. The summed E-state index contributed by atoms with van der Waals surface area (Å²) >= 11 is 0. The van der Waals surface area contributed by atoms with Crippen LogP contribution in [0.5, 0.6) is 11.5 Å². The number of nitrogens with one attached hydrogen (secondary N) is 2. The second-order valence-corrected chi connectivity index (χ2v) is 13.1. The molecule has 0 radical (unpaired) electrons. The van der Waals surface area contributed by atoms with Crippen molar-refractivity contribution in [2.75, 3.05) is 31.8 Å². The van der Waals surface area contributed by atoms with Gasteiger partial charge in [-0.05, 0) is 79.7 Å². The predicted molar refractivity (Wildman–Crippen MR) is 179 cm³/mol. The zero-order valence-corrected chi connectivity index (χ0v) is 28.2. The number of amides is 1. The summed E-state index contributed by atoms with van der Waals surface area (Å²) in [5.41, 5.74) is 7.82. The van der Waals surface area contributed by atoms with Crippen LogP contribution in [-0.2, 0) is 26.2 Å². The van der Waals surface area contributed by atoms with Crippen LogP contribution in [0.15, 0.2) is 77.8 Å². The first-order valence-electron chi connectivity index (χ1n) is 14.9. The summed E-state index contributed by atoms with van der Waals surface area (Å²) in [5, 5.41) is 15.1. The van der Waals surface area contributed by atoms with Gasteiger partial charge < -0.3 is 30.9 Å². The molecule has 1 unspecified atom stereocenters. The standard InChI is InChI=1S/C31H37N5O5S.C2HF3O2/c1-6-40-27-18-22(11-14-26(27)41-20(2)3)29(35-24-12-13-25-21(17-24)15-16-33-30(25)32)31(37)34-19-23-9-7-8-10-28(23)42(38,39)36(4)5;3-2(4,5)1(6)7/h7-18,20,29,35H,6,19H2,1-5H3,(H2,32,33)(H,34,37);(H,6,7). The number of nitrogens with two attached hydrogens (primary N) is 1. The summed E-state index contributed by atoms with van der Waals surface area (Å²) in [4.78, 5) is 27.0. The van der Waals surface area contributed by atoms with E-state index in [2.05, 4.69) is 15.6 Å². The number of sulfonamides is 1. The zero-order valence-electron chi connectivity index (χ0n) is 27.4. The maximum absolute atomic E-state index is 13.8. The number of carboxylic acid groups (broad SMARTS) is 1. The van der Waals surface area contributed by atoms with Crippen molar-refractivity contribution >= 4 is 44.2 Å². The summed E-state index contributed by atoms with van der Waals surface area (Å²) in [7, 11) is -0.761.